The fraction of sp³-hybridized carbons (Fsp3) is 0.286. The first-order chi connectivity index (χ1) is 8.38. The topological polar surface area (TPSA) is 21.3 Å². The minimum atomic E-state index is 0. The Bertz CT molecular complexity index is 428. The molecule has 1 aromatic carbocycles. The lowest BCUT2D eigenvalue weighted by molar-refractivity contribution is 0.309. The molecule has 4 heteroatoms. The van der Waals surface area contributed by atoms with E-state index in [0.717, 1.165) is 18.8 Å². The van der Waals surface area contributed by atoms with Gasteiger partial charge in [-0.15, -0.1) is 23.7 Å². The van der Waals surface area contributed by atoms with Gasteiger partial charge in [-0.05, 0) is 35.7 Å². The molecule has 1 N–H and O–H groups in total. The molecule has 18 heavy (non-hydrogen) atoms. The van der Waals surface area contributed by atoms with Gasteiger partial charge in [0.1, 0.15) is 12.4 Å². The SMILES string of the molecule is CCNCc1ccc(OCc2cccs2)cc1.Cl. The highest BCUT2D eigenvalue weighted by atomic mass is 35.5. The maximum absolute atomic E-state index is 5.70. The van der Waals surface area contributed by atoms with Gasteiger partial charge in [-0.25, -0.2) is 0 Å². The monoisotopic (exact) mass is 283 g/mol. The first-order valence-corrected chi connectivity index (χ1v) is 6.71. The number of thiophene rings is 1. The fourth-order valence-corrected chi connectivity index (χ4v) is 2.14. The van der Waals surface area contributed by atoms with E-state index in [2.05, 4.69) is 35.8 Å². The van der Waals surface area contributed by atoms with Crippen molar-refractivity contribution < 1.29 is 4.74 Å². The highest BCUT2D eigenvalue weighted by Crippen LogP contribution is 2.16. The molecule has 2 nitrogen and oxygen atoms in total. The molecule has 0 radical (unpaired) electrons. The van der Waals surface area contributed by atoms with Gasteiger partial charge in [-0.2, -0.15) is 0 Å². The first kappa shape index (κ1) is 15.0. The lowest BCUT2D eigenvalue weighted by Gasteiger charge is -2.06. The summed E-state index contributed by atoms with van der Waals surface area (Å²) in [6.45, 7) is 4.68. The third kappa shape index (κ3) is 4.69. The summed E-state index contributed by atoms with van der Waals surface area (Å²) in [7, 11) is 0. The predicted molar refractivity (Wildman–Crippen MR) is 79.7 cm³/mol. The van der Waals surface area contributed by atoms with Crippen LogP contribution in [0.1, 0.15) is 17.4 Å². The maximum atomic E-state index is 5.70. The Labute approximate surface area is 118 Å². The number of hydrogen-bond acceptors (Lipinski definition) is 3. The van der Waals surface area contributed by atoms with E-state index >= 15 is 0 Å². The van der Waals surface area contributed by atoms with Gasteiger partial charge in [0.15, 0.2) is 0 Å². The average Bonchev–Trinajstić information content (AvgIpc) is 2.88. The zero-order chi connectivity index (χ0) is 11.9. The van der Waals surface area contributed by atoms with Crippen LogP contribution < -0.4 is 10.1 Å². The summed E-state index contributed by atoms with van der Waals surface area (Å²) in [5.41, 5.74) is 1.29. The molecule has 0 amide bonds. The molecule has 98 valence electrons. The van der Waals surface area contributed by atoms with Gasteiger partial charge in [0.05, 0.1) is 0 Å². The molecule has 0 atom stereocenters. The van der Waals surface area contributed by atoms with Gasteiger partial charge in [-0.1, -0.05) is 25.1 Å². The van der Waals surface area contributed by atoms with E-state index in [1.807, 2.05) is 18.2 Å². The number of benzene rings is 1. The summed E-state index contributed by atoms with van der Waals surface area (Å²) in [5.74, 6) is 0.929. The summed E-state index contributed by atoms with van der Waals surface area (Å²) in [5, 5.41) is 5.37. The van der Waals surface area contributed by atoms with Crippen LogP contribution in [0.5, 0.6) is 5.75 Å². The molecule has 0 saturated heterocycles. The summed E-state index contributed by atoms with van der Waals surface area (Å²) in [6.07, 6.45) is 0. The molecule has 2 aromatic rings. The number of rotatable bonds is 6. The number of nitrogens with one attached hydrogen (secondary N) is 1. The lowest BCUT2D eigenvalue weighted by Crippen LogP contribution is -2.11. The Balaban J connectivity index is 0.00000162. The zero-order valence-electron chi connectivity index (χ0n) is 10.4. The van der Waals surface area contributed by atoms with Crippen LogP contribution >= 0.6 is 23.7 Å². The van der Waals surface area contributed by atoms with Crippen molar-refractivity contribution in [2.75, 3.05) is 6.54 Å². The first-order valence-electron chi connectivity index (χ1n) is 5.83. The predicted octanol–water partition coefficient (Wildman–Crippen LogP) is 3.86. The van der Waals surface area contributed by atoms with E-state index in [-0.39, 0.29) is 12.4 Å². The number of hydrogen-bond donors (Lipinski definition) is 1. The summed E-state index contributed by atoms with van der Waals surface area (Å²) >= 11 is 1.72. The van der Waals surface area contributed by atoms with E-state index < -0.39 is 0 Å². The van der Waals surface area contributed by atoms with E-state index in [1.165, 1.54) is 10.4 Å². The van der Waals surface area contributed by atoms with E-state index in [4.69, 9.17) is 4.74 Å². The molecule has 0 saturated carbocycles. The highest BCUT2D eigenvalue weighted by molar-refractivity contribution is 7.09. The van der Waals surface area contributed by atoms with E-state index in [1.54, 1.807) is 11.3 Å². The summed E-state index contributed by atoms with van der Waals surface area (Å²) in [6, 6.07) is 12.4. The van der Waals surface area contributed by atoms with Gasteiger partial charge in [-0.3, -0.25) is 0 Å². The Hall–Kier alpha value is -1.03. The van der Waals surface area contributed by atoms with Crippen LogP contribution in [0, 0.1) is 0 Å². The molecule has 0 unspecified atom stereocenters. The quantitative estimate of drug-likeness (QED) is 0.869. The molecule has 1 heterocycles. The zero-order valence-corrected chi connectivity index (χ0v) is 12.0. The average molecular weight is 284 g/mol. The molecule has 0 spiro atoms. The molecule has 0 aliphatic heterocycles. The minimum Gasteiger partial charge on any atom is -0.488 e. The Morgan fingerprint density at radius 1 is 1.17 bits per heavy atom. The summed E-state index contributed by atoms with van der Waals surface area (Å²) in [4.78, 5) is 1.25. The van der Waals surface area contributed by atoms with Gasteiger partial charge < -0.3 is 10.1 Å². The van der Waals surface area contributed by atoms with Crippen LogP contribution in [0.15, 0.2) is 41.8 Å². The normalized spacial score (nSPS) is 9.83. The Morgan fingerprint density at radius 2 is 1.94 bits per heavy atom. The molecular formula is C14H18ClNOS. The smallest absolute Gasteiger partial charge is 0.122 e. The van der Waals surface area contributed by atoms with Crippen LogP contribution in [0.4, 0.5) is 0 Å². The molecule has 1 aromatic heterocycles. The lowest BCUT2D eigenvalue weighted by atomic mass is 10.2. The fourth-order valence-electron chi connectivity index (χ4n) is 1.52. The summed E-state index contributed by atoms with van der Waals surface area (Å²) < 4.78 is 5.70. The van der Waals surface area contributed by atoms with Gasteiger partial charge >= 0.3 is 0 Å². The van der Waals surface area contributed by atoms with Crippen LogP contribution in [0.3, 0.4) is 0 Å². The van der Waals surface area contributed by atoms with Crippen molar-refractivity contribution in [2.24, 2.45) is 0 Å². The van der Waals surface area contributed by atoms with Gasteiger partial charge in [0.25, 0.3) is 0 Å². The van der Waals surface area contributed by atoms with Crippen LogP contribution in [-0.2, 0) is 13.2 Å². The Kier molecular flexibility index (Phi) is 6.80. The van der Waals surface area contributed by atoms with E-state index in [0.29, 0.717) is 6.61 Å². The van der Waals surface area contributed by atoms with Crippen molar-refractivity contribution in [3.8, 4) is 5.75 Å². The van der Waals surface area contributed by atoms with Gasteiger partial charge in [0.2, 0.25) is 0 Å². The molecule has 0 fully saturated rings. The molecule has 2 rings (SSSR count). The number of ether oxygens (including phenoxy) is 1. The van der Waals surface area contributed by atoms with Crippen molar-refractivity contribution in [3.05, 3.63) is 52.2 Å². The maximum Gasteiger partial charge on any atom is 0.122 e. The molecular weight excluding hydrogens is 266 g/mol. The third-order valence-electron chi connectivity index (χ3n) is 2.46. The Morgan fingerprint density at radius 3 is 2.56 bits per heavy atom. The van der Waals surface area contributed by atoms with Crippen molar-refractivity contribution in [3.63, 3.8) is 0 Å². The second kappa shape index (κ2) is 8.14. The van der Waals surface area contributed by atoms with Crippen LogP contribution in [0.2, 0.25) is 0 Å². The molecule has 0 aliphatic rings. The van der Waals surface area contributed by atoms with Crippen LogP contribution in [-0.4, -0.2) is 6.54 Å². The second-order valence-corrected chi connectivity index (χ2v) is 4.82. The van der Waals surface area contributed by atoms with Gasteiger partial charge in [0, 0.05) is 11.4 Å². The van der Waals surface area contributed by atoms with Crippen molar-refractivity contribution in [1.82, 2.24) is 5.32 Å². The standard InChI is InChI=1S/C14H17NOS.ClH/c1-2-15-10-12-5-7-13(8-6-12)16-11-14-4-3-9-17-14;/h3-9,15H,2,10-11H2,1H3;1H. The largest absolute Gasteiger partial charge is 0.488 e. The molecule has 0 aliphatic carbocycles. The highest BCUT2D eigenvalue weighted by Gasteiger charge is 1.97. The van der Waals surface area contributed by atoms with E-state index in [9.17, 15) is 0 Å². The van der Waals surface area contributed by atoms with Crippen molar-refractivity contribution in [2.45, 2.75) is 20.1 Å². The van der Waals surface area contributed by atoms with Crippen molar-refractivity contribution >= 4 is 23.7 Å². The second-order valence-electron chi connectivity index (χ2n) is 3.79. The number of halogens is 1. The molecule has 0 bridgehead atoms. The third-order valence-corrected chi connectivity index (χ3v) is 3.31. The van der Waals surface area contributed by atoms with Crippen LogP contribution in [0.25, 0.3) is 0 Å². The van der Waals surface area contributed by atoms with Crippen molar-refractivity contribution in [1.29, 1.82) is 0 Å². The minimum absolute atomic E-state index is 0.